The average molecular weight is 375 g/mol. The molecule has 0 unspecified atom stereocenters. The fourth-order valence-corrected chi connectivity index (χ4v) is 2.26. The Bertz CT molecular complexity index is 642. The van der Waals surface area contributed by atoms with Crippen molar-refractivity contribution >= 4 is 42.2 Å². The van der Waals surface area contributed by atoms with Crippen LogP contribution in [-0.4, -0.2) is 37.2 Å². The van der Waals surface area contributed by atoms with Crippen LogP contribution in [0.1, 0.15) is 16.1 Å². The first kappa shape index (κ1) is 20.2. The minimum Gasteiger partial charge on any atom is -0.467 e. The van der Waals surface area contributed by atoms with Gasteiger partial charge in [0, 0.05) is 13.1 Å². The normalized spacial score (nSPS) is 13.6. The molecule has 0 saturated carbocycles. The molecule has 3 rings (SSSR count). The standard InChI is InChI=1S/C15H18N4O3.2ClH/c16-8-13-7-11(10-22-13)15(20)18-14-2-1-12(9-17-14)19-3-5-21-6-4-19;;/h1-2,7,9-10H,3-6,8,16H2,(H,17,18,20);2*1H. The van der Waals surface area contributed by atoms with E-state index in [1.165, 1.54) is 6.26 Å². The molecule has 132 valence electrons. The summed E-state index contributed by atoms with van der Waals surface area (Å²) < 4.78 is 10.5. The van der Waals surface area contributed by atoms with Crippen LogP contribution < -0.4 is 16.0 Å². The Labute approximate surface area is 152 Å². The number of furan rings is 1. The second-order valence-electron chi connectivity index (χ2n) is 4.96. The van der Waals surface area contributed by atoms with E-state index in [0.717, 1.165) is 32.0 Å². The maximum atomic E-state index is 12.1. The molecule has 1 saturated heterocycles. The van der Waals surface area contributed by atoms with E-state index >= 15 is 0 Å². The summed E-state index contributed by atoms with van der Waals surface area (Å²) in [6.07, 6.45) is 3.14. The molecule has 2 aromatic heterocycles. The lowest BCUT2D eigenvalue weighted by molar-refractivity contribution is 0.102. The lowest BCUT2D eigenvalue weighted by Gasteiger charge is -2.28. The highest BCUT2D eigenvalue weighted by molar-refractivity contribution is 6.03. The summed E-state index contributed by atoms with van der Waals surface area (Å²) in [6.45, 7) is 3.42. The minimum absolute atomic E-state index is 0. The van der Waals surface area contributed by atoms with Crippen LogP contribution in [0.3, 0.4) is 0 Å². The Morgan fingerprint density at radius 2 is 2.04 bits per heavy atom. The maximum absolute atomic E-state index is 12.1. The van der Waals surface area contributed by atoms with Crippen molar-refractivity contribution < 1.29 is 13.9 Å². The van der Waals surface area contributed by atoms with Gasteiger partial charge in [0.2, 0.25) is 0 Å². The molecule has 3 heterocycles. The summed E-state index contributed by atoms with van der Waals surface area (Å²) in [6, 6.07) is 5.35. The van der Waals surface area contributed by atoms with Crippen LogP contribution in [0.25, 0.3) is 0 Å². The predicted octanol–water partition coefficient (Wildman–Crippen LogP) is 2.07. The number of aromatic nitrogens is 1. The van der Waals surface area contributed by atoms with Crippen molar-refractivity contribution in [3.05, 3.63) is 42.0 Å². The highest BCUT2D eigenvalue weighted by Gasteiger charge is 2.13. The summed E-state index contributed by atoms with van der Waals surface area (Å²) in [5.41, 5.74) is 6.91. The zero-order valence-corrected chi connectivity index (χ0v) is 14.6. The number of morpholine rings is 1. The number of carbonyl (C=O) groups is 1. The van der Waals surface area contributed by atoms with Gasteiger partial charge in [-0.2, -0.15) is 0 Å². The molecule has 1 fully saturated rings. The van der Waals surface area contributed by atoms with Crippen LogP contribution in [0.15, 0.2) is 35.1 Å². The van der Waals surface area contributed by atoms with Crippen molar-refractivity contribution in [1.29, 1.82) is 0 Å². The van der Waals surface area contributed by atoms with Crippen LogP contribution in [0.4, 0.5) is 11.5 Å². The van der Waals surface area contributed by atoms with Crippen LogP contribution in [0.5, 0.6) is 0 Å². The van der Waals surface area contributed by atoms with Gasteiger partial charge < -0.3 is 25.1 Å². The van der Waals surface area contributed by atoms with Crippen molar-refractivity contribution in [2.24, 2.45) is 5.73 Å². The Balaban J connectivity index is 0.00000144. The zero-order valence-electron chi connectivity index (χ0n) is 12.9. The maximum Gasteiger partial charge on any atom is 0.260 e. The average Bonchev–Trinajstić information content (AvgIpc) is 3.06. The van der Waals surface area contributed by atoms with E-state index in [2.05, 4.69) is 15.2 Å². The molecule has 1 aliphatic rings. The molecular formula is C15H20Cl2N4O3. The highest BCUT2D eigenvalue weighted by Crippen LogP contribution is 2.17. The van der Waals surface area contributed by atoms with Crippen molar-refractivity contribution in [2.75, 3.05) is 36.5 Å². The van der Waals surface area contributed by atoms with Gasteiger partial charge in [0.25, 0.3) is 5.91 Å². The summed E-state index contributed by atoms with van der Waals surface area (Å²) >= 11 is 0. The minimum atomic E-state index is -0.268. The van der Waals surface area contributed by atoms with Crippen LogP contribution in [0.2, 0.25) is 0 Å². The summed E-state index contributed by atoms with van der Waals surface area (Å²) in [4.78, 5) is 18.5. The van der Waals surface area contributed by atoms with Gasteiger partial charge in [-0.05, 0) is 18.2 Å². The van der Waals surface area contributed by atoms with E-state index < -0.39 is 0 Å². The van der Waals surface area contributed by atoms with Gasteiger partial charge in [0.15, 0.2) is 0 Å². The van der Waals surface area contributed by atoms with E-state index in [-0.39, 0.29) is 37.3 Å². The number of rotatable bonds is 4. The van der Waals surface area contributed by atoms with Gasteiger partial charge in [0.1, 0.15) is 17.8 Å². The Morgan fingerprint density at radius 1 is 1.29 bits per heavy atom. The topological polar surface area (TPSA) is 93.6 Å². The number of hydrogen-bond donors (Lipinski definition) is 2. The molecule has 1 amide bonds. The molecule has 0 aliphatic carbocycles. The lowest BCUT2D eigenvalue weighted by atomic mass is 10.3. The molecule has 0 aromatic carbocycles. The third kappa shape index (κ3) is 4.85. The Morgan fingerprint density at radius 3 is 2.62 bits per heavy atom. The fourth-order valence-electron chi connectivity index (χ4n) is 2.26. The SMILES string of the molecule is Cl.Cl.NCc1cc(C(=O)Nc2ccc(N3CCOCC3)cn2)co1. The highest BCUT2D eigenvalue weighted by atomic mass is 35.5. The van der Waals surface area contributed by atoms with Gasteiger partial charge in [-0.15, -0.1) is 24.8 Å². The summed E-state index contributed by atoms with van der Waals surface area (Å²) in [5.74, 6) is 0.799. The van der Waals surface area contributed by atoms with E-state index in [1.54, 1.807) is 18.3 Å². The van der Waals surface area contributed by atoms with Crippen LogP contribution >= 0.6 is 24.8 Å². The first-order valence-corrected chi connectivity index (χ1v) is 7.14. The number of pyridine rings is 1. The number of nitrogens with two attached hydrogens (primary N) is 1. The van der Waals surface area contributed by atoms with E-state index in [9.17, 15) is 4.79 Å². The zero-order chi connectivity index (χ0) is 15.4. The van der Waals surface area contributed by atoms with E-state index in [0.29, 0.717) is 17.1 Å². The first-order chi connectivity index (χ1) is 10.8. The predicted molar refractivity (Wildman–Crippen MR) is 96.3 cm³/mol. The number of carbonyl (C=O) groups excluding carboxylic acids is 1. The van der Waals surface area contributed by atoms with Gasteiger partial charge in [-0.3, -0.25) is 4.79 Å². The van der Waals surface area contributed by atoms with Gasteiger partial charge in [0.05, 0.1) is 37.2 Å². The number of ether oxygens (including phenoxy) is 1. The smallest absolute Gasteiger partial charge is 0.260 e. The number of nitrogens with one attached hydrogen (secondary N) is 1. The second-order valence-corrected chi connectivity index (χ2v) is 4.96. The molecule has 9 heteroatoms. The molecule has 0 radical (unpaired) electrons. The quantitative estimate of drug-likeness (QED) is 0.850. The summed E-state index contributed by atoms with van der Waals surface area (Å²) in [5, 5.41) is 2.73. The third-order valence-electron chi connectivity index (χ3n) is 3.48. The van der Waals surface area contributed by atoms with Crippen molar-refractivity contribution in [3.8, 4) is 0 Å². The van der Waals surface area contributed by atoms with Crippen molar-refractivity contribution in [3.63, 3.8) is 0 Å². The molecule has 24 heavy (non-hydrogen) atoms. The van der Waals surface area contributed by atoms with Crippen molar-refractivity contribution in [2.45, 2.75) is 6.54 Å². The Kier molecular flexibility index (Phi) is 8.00. The van der Waals surface area contributed by atoms with Gasteiger partial charge in [-0.1, -0.05) is 0 Å². The largest absolute Gasteiger partial charge is 0.467 e. The molecular weight excluding hydrogens is 355 g/mol. The van der Waals surface area contributed by atoms with E-state index in [1.807, 2.05) is 6.07 Å². The number of nitrogens with zero attached hydrogens (tertiary/aromatic N) is 2. The number of amides is 1. The number of halogens is 2. The second kappa shape index (κ2) is 9.48. The molecule has 1 aliphatic heterocycles. The monoisotopic (exact) mass is 374 g/mol. The molecule has 0 bridgehead atoms. The van der Waals surface area contributed by atoms with Gasteiger partial charge >= 0.3 is 0 Å². The number of hydrogen-bond acceptors (Lipinski definition) is 6. The Hall–Kier alpha value is -1.80. The van der Waals surface area contributed by atoms with Crippen LogP contribution in [0, 0.1) is 0 Å². The molecule has 3 N–H and O–H groups in total. The number of anilines is 2. The molecule has 7 nitrogen and oxygen atoms in total. The van der Waals surface area contributed by atoms with E-state index in [4.69, 9.17) is 14.9 Å². The third-order valence-corrected chi connectivity index (χ3v) is 3.48. The van der Waals surface area contributed by atoms with Crippen molar-refractivity contribution in [1.82, 2.24) is 4.98 Å². The molecule has 2 aromatic rings. The van der Waals surface area contributed by atoms with Crippen LogP contribution in [-0.2, 0) is 11.3 Å². The lowest BCUT2D eigenvalue weighted by Crippen LogP contribution is -2.36. The summed E-state index contributed by atoms with van der Waals surface area (Å²) in [7, 11) is 0. The molecule has 0 spiro atoms. The first-order valence-electron chi connectivity index (χ1n) is 7.14. The molecule has 0 atom stereocenters. The fraction of sp³-hybridized carbons (Fsp3) is 0.333. The van der Waals surface area contributed by atoms with Gasteiger partial charge in [-0.25, -0.2) is 4.98 Å².